The second-order valence-corrected chi connectivity index (χ2v) is 8.54. The van der Waals surface area contributed by atoms with Gasteiger partial charge in [-0.15, -0.1) is 0 Å². The van der Waals surface area contributed by atoms with Crippen LogP contribution < -0.4 is 10.6 Å². The molecular weight excluding hydrogens is 394 g/mol. The van der Waals surface area contributed by atoms with Gasteiger partial charge < -0.3 is 10.6 Å². The minimum Gasteiger partial charge on any atom is -0.347 e. The van der Waals surface area contributed by atoms with Gasteiger partial charge in [0.2, 0.25) is 5.13 Å². The van der Waals surface area contributed by atoms with Crippen molar-refractivity contribution in [2.24, 2.45) is 0 Å². The normalized spacial score (nSPS) is 13.7. The first-order chi connectivity index (χ1) is 13.5. The average molecular weight is 412 g/mol. The van der Waals surface area contributed by atoms with E-state index < -0.39 is 0 Å². The van der Waals surface area contributed by atoms with Crippen molar-refractivity contribution in [2.45, 2.75) is 25.3 Å². The van der Waals surface area contributed by atoms with Crippen molar-refractivity contribution < 1.29 is 9.59 Å². The first-order valence-corrected chi connectivity index (χ1v) is 10.2. The summed E-state index contributed by atoms with van der Waals surface area (Å²) < 4.78 is 1.68. The maximum absolute atomic E-state index is 12.6. The summed E-state index contributed by atoms with van der Waals surface area (Å²) in [6.45, 7) is 4.08. The molecule has 28 heavy (non-hydrogen) atoms. The molecular formula is C19H17N5O2S2. The molecule has 142 valence electrons. The fourth-order valence-electron chi connectivity index (χ4n) is 2.61. The standard InChI is InChI=1S/C19H17N5O2S2/c1-11-12(2)27-16-5-4-13(8-15(16)23-17(11)25)18(26)20-9-14-10-21-19(28-14)24-7-3-6-22-24/h3-8,10H,9H2,1-2H3,(H,20,26)(H,23,25). The van der Waals surface area contributed by atoms with Crippen LogP contribution >= 0.6 is 23.1 Å². The molecule has 0 unspecified atom stereocenters. The molecule has 0 fully saturated rings. The molecule has 7 nitrogen and oxygen atoms in total. The molecule has 2 aromatic heterocycles. The number of thioether (sulfide) groups is 1. The SMILES string of the molecule is CC1=C(C)C(=O)Nc2cc(C(=O)NCc3cnc(-n4cccn4)s3)ccc2S1. The largest absolute Gasteiger partial charge is 0.347 e. The number of anilines is 1. The van der Waals surface area contributed by atoms with E-state index in [9.17, 15) is 9.59 Å². The highest BCUT2D eigenvalue weighted by molar-refractivity contribution is 8.03. The van der Waals surface area contributed by atoms with Gasteiger partial charge in [-0.05, 0) is 43.0 Å². The molecule has 0 saturated carbocycles. The second-order valence-electron chi connectivity index (χ2n) is 6.19. The summed E-state index contributed by atoms with van der Waals surface area (Å²) in [6, 6.07) is 7.17. The third-order valence-electron chi connectivity index (χ3n) is 4.29. The van der Waals surface area contributed by atoms with E-state index in [1.54, 1.807) is 36.1 Å². The predicted octanol–water partition coefficient (Wildman–Crippen LogP) is 3.60. The number of nitrogens with zero attached hydrogens (tertiary/aromatic N) is 3. The minimum absolute atomic E-state index is 0.142. The third kappa shape index (κ3) is 3.71. The van der Waals surface area contributed by atoms with Gasteiger partial charge in [0, 0.05) is 39.5 Å². The van der Waals surface area contributed by atoms with Crippen molar-refractivity contribution in [3.05, 3.63) is 63.8 Å². The molecule has 2 N–H and O–H groups in total. The summed E-state index contributed by atoms with van der Waals surface area (Å²) in [4.78, 5) is 31.9. The van der Waals surface area contributed by atoms with Gasteiger partial charge in [0.25, 0.3) is 11.8 Å². The Kier molecular flexibility index (Phi) is 5.01. The summed E-state index contributed by atoms with van der Waals surface area (Å²) in [5.74, 6) is -0.348. The molecule has 1 aliphatic rings. The quantitative estimate of drug-likeness (QED) is 0.685. The number of aromatic nitrogens is 3. The van der Waals surface area contributed by atoms with Crippen LogP contribution in [-0.2, 0) is 11.3 Å². The Morgan fingerprint density at radius 1 is 1.32 bits per heavy atom. The lowest BCUT2D eigenvalue weighted by molar-refractivity contribution is -0.112. The van der Waals surface area contributed by atoms with Crippen LogP contribution in [0.1, 0.15) is 29.1 Å². The molecule has 0 radical (unpaired) electrons. The maximum atomic E-state index is 12.6. The number of allylic oxidation sites excluding steroid dienone is 1. The zero-order chi connectivity index (χ0) is 19.7. The van der Waals surface area contributed by atoms with Crippen molar-refractivity contribution in [1.29, 1.82) is 0 Å². The molecule has 0 saturated heterocycles. The van der Waals surface area contributed by atoms with Crippen molar-refractivity contribution in [3.8, 4) is 5.13 Å². The van der Waals surface area contributed by atoms with Crippen LogP contribution in [0.25, 0.3) is 5.13 Å². The summed E-state index contributed by atoms with van der Waals surface area (Å²) >= 11 is 2.99. The topological polar surface area (TPSA) is 88.9 Å². The highest BCUT2D eigenvalue weighted by atomic mass is 32.2. The van der Waals surface area contributed by atoms with Crippen LogP contribution in [0.15, 0.2) is 58.2 Å². The second kappa shape index (κ2) is 7.61. The molecule has 0 spiro atoms. The molecule has 0 aliphatic carbocycles. The Morgan fingerprint density at radius 3 is 2.96 bits per heavy atom. The van der Waals surface area contributed by atoms with E-state index in [0.29, 0.717) is 23.4 Å². The van der Waals surface area contributed by atoms with Gasteiger partial charge in [0.1, 0.15) is 0 Å². The van der Waals surface area contributed by atoms with Crippen LogP contribution in [0.4, 0.5) is 5.69 Å². The molecule has 0 atom stereocenters. The van der Waals surface area contributed by atoms with Gasteiger partial charge in [-0.1, -0.05) is 23.1 Å². The fourth-order valence-corrected chi connectivity index (χ4v) is 4.33. The predicted molar refractivity (Wildman–Crippen MR) is 110 cm³/mol. The van der Waals surface area contributed by atoms with Gasteiger partial charge in [0.05, 0.1) is 12.2 Å². The summed E-state index contributed by atoms with van der Waals surface area (Å²) in [5.41, 5.74) is 1.83. The van der Waals surface area contributed by atoms with E-state index >= 15 is 0 Å². The number of carbonyl (C=O) groups is 2. The number of thiazole rings is 1. The van der Waals surface area contributed by atoms with E-state index in [4.69, 9.17) is 0 Å². The Bertz CT molecular complexity index is 1090. The Hall–Kier alpha value is -2.91. The molecule has 1 aliphatic heterocycles. The van der Waals surface area contributed by atoms with Crippen LogP contribution in [0.2, 0.25) is 0 Å². The smallest absolute Gasteiger partial charge is 0.252 e. The monoisotopic (exact) mass is 411 g/mol. The lowest BCUT2D eigenvalue weighted by Gasteiger charge is -2.09. The summed E-state index contributed by atoms with van der Waals surface area (Å²) in [7, 11) is 0. The maximum Gasteiger partial charge on any atom is 0.252 e. The van der Waals surface area contributed by atoms with E-state index in [1.807, 2.05) is 25.3 Å². The summed E-state index contributed by atoms with van der Waals surface area (Å²) in [5, 5.41) is 10.7. The lowest BCUT2D eigenvalue weighted by atomic mass is 10.1. The molecule has 9 heteroatoms. The van der Waals surface area contributed by atoms with Gasteiger partial charge in [0.15, 0.2) is 0 Å². The Morgan fingerprint density at radius 2 is 2.18 bits per heavy atom. The lowest BCUT2D eigenvalue weighted by Crippen LogP contribution is -2.22. The Labute approximate surface area is 169 Å². The number of hydrogen-bond donors (Lipinski definition) is 2. The molecule has 3 aromatic rings. The first-order valence-electron chi connectivity index (χ1n) is 8.55. The Balaban J connectivity index is 1.45. The number of fused-ring (bicyclic) bond motifs is 1. The highest BCUT2D eigenvalue weighted by Crippen LogP contribution is 2.37. The molecule has 3 heterocycles. The van der Waals surface area contributed by atoms with Gasteiger partial charge >= 0.3 is 0 Å². The van der Waals surface area contributed by atoms with Crippen LogP contribution in [-0.4, -0.2) is 26.6 Å². The van der Waals surface area contributed by atoms with Crippen LogP contribution in [0.3, 0.4) is 0 Å². The number of hydrogen-bond acceptors (Lipinski definition) is 6. The van der Waals surface area contributed by atoms with E-state index in [2.05, 4.69) is 20.7 Å². The van der Waals surface area contributed by atoms with E-state index in [1.165, 1.54) is 23.1 Å². The number of carbonyl (C=O) groups excluding carboxylic acids is 2. The van der Waals surface area contributed by atoms with Crippen molar-refractivity contribution in [1.82, 2.24) is 20.1 Å². The van der Waals surface area contributed by atoms with E-state index in [-0.39, 0.29) is 11.8 Å². The van der Waals surface area contributed by atoms with Crippen molar-refractivity contribution in [3.63, 3.8) is 0 Å². The average Bonchev–Trinajstić information content (AvgIpc) is 3.36. The van der Waals surface area contributed by atoms with Crippen LogP contribution in [0, 0.1) is 0 Å². The zero-order valence-electron chi connectivity index (χ0n) is 15.2. The summed E-state index contributed by atoms with van der Waals surface area (Å²) in [6.07, 6.45) is 5.24. The van der Waals surface area contributed by atoms with Gasteiger partial charge in [-0.2, -0.15) is 5.10 Å². The van der Waals surface area contributed by atoms with Gasteiger partial charge in [-0.25, -0.2) is 9.67 Å². The first kappa shape index (κ1) is 18.5. The minimum atomic E-state index is -0.207. The third-order valence-corrected chi connectivity index (χ3v) is 6.46. The zero-order valence-corrected chi connectivity index (χ0v) is 16.9. The number of nitrogens with one attached hydrogen (secondary N) is 2. The molecule has 0 bridgehead atoms. The van der Waals surface area contributed by atoms with E-state index in [0.717, 1.165) is 19.8 Å². The fraction of sp³-hybridized carbons (Fsp3) is 0.158. The number of amides is 2. The van der Waals surface area contributed by atoms with Crippen molar-refractivity contribution in [2.75, 3.05) is 5.32 Å². The molecule has 2 amide bonds. The number of rotatable bonds is 4. The van der Waals surface area contributed by atoms with Crippen LogP contribution in [0.5, 0.6) is 0 Å². The number of benzene rings is 1. The van der Waals surface area contributed by atoms with Crippen molar-refractivity contribution >= 4 is 40.6 Å². The highest BCUT2D eigenvalue weighted by Gasteiger charge is 2.19. The van der Waals surface area contributed by atoms with Gasteiger partial charge in [-0.3, -0.25) is 9.59 Å². The molecule has 4 rings (SSSR count). The molecule has 1 aromatic carbocycles.